The van der Waals surface area contributed by atoms with Crippen LogP contribution in [0.5, 0.6) is 0 Å². The summed E-state index contributed by atoms with van der Waals surface area (Å²) in [5, 5.41) is 10.6. The molecule has 1 aliphatic heterocycles. The molecule has 0 aromatic rings. The third-order valence-electron chi connectivity index (χ3n) is 3.73. The van der Waals surface area contributed by atoms with Crippen molar-refractivity contribution in [1.29, 1.82) is 0 Å². The number of piperidine rings is 1. The average Bonchev–Trinajstić information content (AvgIpc) is 2.00. The van der Waals surface area contributed by atoms with E-state index in [4.69, 9.17) is 0 Å². The van der Waals surface area contributed by atoms with E-state index in [-0.39, 0.29) is 11.9 Å². The van der Waals surface area contributed by atoms with Crippen LogP contribution in [0.25, 0.3) is 0 Å². The molecule has 2 unspecified atom stereocenters. The quantitative estimate of drug-likeness (QED) is 0.746. The minimum atomic E-state index is -2.31. The van der Waals surface area contributed by atoms with Crippen molar-refractivity contribution in [3.05, 3.63) is 0 Å². The summed E-state index contributed by atoms with van der Waals surface area (Å²) in [6, 6.07) is 0.192. The van der Waals surface area contributed by atoms with Crippen molar-refractivity contribution in [2.45, 2.75) is 51.2 Å². The third kappa shape index (κ3) is 2.67. The first-order valence-corrected chi connectivity index (χ1v) is 15.7. The zero-order valence-corrected chi connectivity index (χ0v) is 13.4. The van der Waals surface area contributed by atoms with E-state index in [1.165, 1.54) is 0 Å². The molecule has 0 bridgehead atoms. The van der Waals surface area contributed by atoms with Gasteiger partial charge < -0.3 is 0 Å². The molecule has 0 aromatic carbocycles. The summed E-state index contributed by atoms with van der Waals surface area (Å²) in [5.74, 6) is 0.133. The normalized spacial score (nSPS) is 32.9. The van der Waals surface area contributed by atoms with E-state index in [0.717, 1.165) is 19.4 Å². The molecule has 1 N–H and O–H groups in total. The predicted octanol–water partition coefficient (Wildman–Crippen LogP) is 1.63. The Hall–Kier alpha value is 0.229. The van der Waals surface area contributed by atoms with Crippen LogP contribution in [0.4, 0.5) is 0 Å². The van der Waals surface area contributed by atoms with Gasteiger partial charge in [-0.15, -0.1) is 0 Å². The molecule has 0 saturated carbocycles. The van der Waals surface area contributed by atoms with Gasteiger partial charge in [-0.25, -0.2) is 0 Å². The summed E-state index contributed by atoms with van der Waals surface area (Å²) in [6.45, 7) is 4.38. The number of likely N-dealkylation sites (tertiary alicyclic amines) is 1. The number of aliphatic hydroxyl groups is 1. The monoisotopic (exact) mass is 321 g/mol. The molecule has 1 saturated heterocycles. The van der Waals surface area contributed by atoms with E-state index in [2.05, 4.69) is 14.8 Å². The van der Waals surface area contributed by atoms with Crippen molar-refractivity contribution in [1.82, 2.24) is 4.90 Å². The second-order valence-corrected chi connectivity index (χ2v) is 21.3. The Bertz CT molecular complexity index is 262. The van der Waals surface area contributed by atoms with Gasteiger partial charge in [0.05, 0.1) is 0 Å². The Kier molecular flexibility index (Phi) is 3.76. The van der Waals surface area contributed by atoms with Crippen LogP contribution in [0.1, 0.15) is 26.7 Å². The molecule has 1 rings (SSSR count). The summed E-state index contributed by atoms with van der Waals surface area (Å²) in [5.41, 5.74) is 0. The van der Waals surface area contributed by atoms with Crippen LogP contribution in [-0.4, -0.2) is 50.5 Å². The summed E-state index contributed by atoms with van der Waals surface area (Å²) in [4.78, 5) is 20.0. The molecule has 1 heterocycles. The fraction of sp³-hybridized carbons (Fsp3) is 0.909. The molecule has 4 heteroatoms. The molecule has 88 valence electrons. The Morgan fingerprint density at radius 3 is 2.33 bits per heavy atom. The first-order valence-electron chi connectivity index (χ1n) is 5.67. The number of rotatable bonds is 1. The Labute approximate surface area is 96.7 Å². The summed E-state index contributed by atoms with van der Waals surface area (Å²) >= 11 is -2.31. The SMILES string of the molecule is CC(=O)N1CC[C](O)([Sn]([CH3])([CH3])[CH3])CC1C. The first kappa shape index (κ1) is 13.3. The molecule has 0 radical (unpaired) electrons. The molecule has 0 spiro atoms. The van der Waals surface area contributed by atoms with Gasteiger partial charge in [0.2, 0.25) is 0 Å². The molecule has 1 amide bonds. The van der Waals surface area contributed by atoms with Gasteiger partial charge in [-0.3, -0.25) is 0 Å². The molecule has 1 fully saturated rings. The molecule has 1 aliphatic rings. The van der Waals surface area contributed by atoms with E-state index in [1.54, 1.807) is 6.92 Å². The van der Waals surface area contributed by atoms with Crippen LogP contribution in [0.15, 0.2) is 0 Å². The van der Waals surface area contributed by atoms with Gasteiger partial charge in [0.25, 0.3) is 0 Å². The van der Waals surface area contributed by atoms with Gasteiger partial charge in [-0.2, -0.15) is 0 Å². The minimum absolute atomic E-state index is 0.133. The zero-order valence-electron chi connectivity index (χ0n) is 10.5. The third-order valence-corrected chi connectivity index (χ3v) is 13.0. The Morgan fingerprint density at radius 1 is 1.47 bits per heavy atom. The van der Waals surface area contributed by atoms with Crippen LogP contribution in [0.2, 0.25) is 14.8 Å². The number of carbonyl (C=O) groups is 1. The van der Waals surface area contributed by atoms with Crippen molar-refractivity contribution in [2.75, 3.05) is 6.54 Å². The molecular formula is C11H23NO2Sn. The van der Waals surface area contributed by atoms with E-state index in [9.17, 15) is 9.90 Å². The van der Waals surface area contributed by atoms with Gasteiger partial charge in [0.1, 0.15) is 0 Å². The molecule has 2 atom stereocenters. The number of hydrogen-bond donors (Lipinski definition) is 1. The summed E-state index contributed by atoms with van der Waals surface area (Å²) in [6.07, 6.45) is 1.54. The van der Waals surface area contributed by atoms with Crippen molar-refractivity contribution in [2.24, 2.45) is 0 Å². The predicted molar refractivity (Wildman–Crippen MR) is 64.4 cm³/mol. The number of hydrogen-bond acceptors (Lipinski definition) is 2. The Morgan fingerprint density at radius 2 is 2.00 bits per heavy atom. The topological polar surface area (TPSA) is 40.5 Å². The van der Waals surface area contributed by atoms with Gasteiger partial charge in [-0.1, -0.05) is 0 Å². The van der Waals surface area contributed by atoms with E-state index in [1.807, 2.05) is 11.8 Å². The van der Waals surface area contributed by atoms with Crippen molar-refractivity contribution < 1.29 is 9.90 Å². The number of amides is 1. The summed E-state index contributed by atoms with van der Waals surface area (Å²) < 4.78 is -0.431. The molecule has 0 aromatic heterocycles. The summed E-state index contributed by atoms with van der Waals surface area (Å²) in [7, 11) is 0. The van der Waals surface area contributed by atoms with Gasteiger partial charge in [0.15, 0.2) is 0 Å². The fourth-order valence-corrected chi connectivity index (χ4v) is 7.43. The molecular weight excluding hydrogens is 297 g/mol. The van der Waals surface area contributed by atoms with Crippen molar-refractivity contribution >= 4 is 24.3 Å². The van der Waals surface area contributed by atoms with Crippen LogP contribution >= 0.6 is 0 Å². The maximum atomic E-state index is 11.3. The van der Waals surface area contributed by atoms with Gasteiger partial charge in [0, 0.05) is 0 Å². The number of nitrogens with zero attached hydrogens (tertiary/aromatic N) is 1. The fourth-order valence-electron chi connectivity index (χ4n) is 2.38. The standard InChI is InChI=1S/C8H14NO2.3CH3.Sn/c1-6-5-8(11)3-4-9(6)7(2)10;;;;/h6,11H,3-5H2,1-2H3;3*1H3;. The average molecular weight is 320 g/mol. The van der Waals surface area contributed by atoms with Crippen LogP contribution in [0, 0.1) is 0 Å². The van der Waals surface area contributed by atoms with Crippen LogP contribution in [0.3, 0.4) is 0 Å². The second-order valence-electron chi connectivity index (χ2n) is 5.80. The van der Waals surface area contributed by atoms with E-state index in [0.29, 0.717) is 0 Å². The van der Waals surface area contributed by atoms with Crippen molar-refractivity contribution in [3.8, 4) is 0 Å². The first-order chi connectivity index (χ1) is 6.67. The Balaban J connectivity index is 2.77. The number of carbonyl (C=O) groups excluding carboxylic acids is 1. The second kappa shape index (κ2) is 4.24. The zero-order chi connectivity index (χ0) is 11.9. The van der Waals surface area contributed by atoms with Gasteiger partial charge >= 0.3 is 96.8 Å². The molecule has 3 nitrogen and oxygen atoms in total. The van der Waals surface area contributed by atoms with E-state index < -0.39 is 22.0 Å². The van der Waals surface area contributed by atoms with Gasteiger partial charge in [-0.05, 0) is 0 Å². The van der Waals surface area contributed by atoms with Crippen molar-refractivity contribution in [3.63, 3.8) is 0 Å². The van der Waals surface area contributed by atoms with E-state index >= 15 is 0 Å². The van der Waals surface area contributed by atoms with Crippen LogP contribution < -0.4 is 0 Å². The van der Waals surface area contributed by atoms with Crippen LogP contribution in [-0.2, 0) is 4.79 Å². The maximum absolute atomic E-state index is 11.3. The molecule has 0 aliphatic carbocycles. The molecule has 15 heavy (non-hydrogen) atoms.